The molecule has 0 fully saturated rings. The summed E-state index contributed by atoms with van der Waals surface area (Å²) in [5, 5.41) is 2.86. The van der Waals surface area contributed by atoms with Gasteiger partial charge in [-0.2, -0.15) is 0 Å². The van der Waals surface area contributed by atoms with Crippen LogP contribution in [0, 0.1) is 11.8 Å². The first-order valence-corrected chi connectivity index (χ1v) is 4.68. The molecule has 3 nitrogen and oxygen atoms in total. The third kappa shape index (κ3) is 1.39. The van der Waals surface area contributed by atoms with E-state index >= 15 is 0 Å². The first-order valence-electron chi connectivity index (χ1n) is 4.68. The van der Waals surface area contributed by atoms with Crippen LogP contribution in [0.3, 0.4) is 0 Å². The van der Waals surface area contributed by atoms with Gasteiger partial charge in [0.25, 0.3) is 5.91 Å². The molecule has 3 heteroatoms. The van der Waals surface area contributed by atoms with Crippen LogP contribution in [0.4, 0.5) is 0 Å². The molecule has 2 N–H and O–H groups in total. The van der Waals surface area contributed by atoms with Gasteiger partial charge >= 0.3 is 0 Å². The van der Waals surface area contributed by atoms with Gasteiger partial charge in [-0.05, 0) is 13.0 Å². The number of aromatic nitrogens is 1. The van der Waals surface area contributed by atoms with Crippen molar-refractivity contribution in [1.82, 2.24) is 10.3 Å². The number of aromatic amines is 1. The van der Waals surface area contributed by atoms with E-state index in [-0.39, 0.29) is 5.91 Å². The molecule has 2 heterocycles. The molecule has 0 aromatic carbocycles. The number of hydrogen-bond acceptors (Lipinski definition) is 1. The topological polar surface area (TPSA) is 44.9 Å². The van der Waals surface area contributed by atoms with Crippen molar-refractivity contribution in [2.45, 2.75) is 19.3 Å². The van der Waals surface area contributed by atoms with Crippen LogP contribution >= 0.6 is 0 Å². The Kier molecular flexibility index (Phi) is 2.28. The number of fused-ring (bicyclic) bond motifs is 1. The van der Waals surface area contributed by atoms with E-state index in [0.717, 1.165) is 17.7 Å². The van der Waals surface area contributed by atoms with Crippen LogP contribution in [0.5, 0.6) is 0 Å². The van der Waals surface area contributed by atoms with Gasteiger partial charge in [-0.1, -0.05) is 0 Å². The van der Waals surface area contributed by atoms with Crippen LogP contribution in [0.1, 0.15) is 35.3 Å². The molecular formula is C11H12N2O. The van der Waals surface area contributed by atoms with E-state index in [4.69, 9.17) is 0 Å². The van der Waals surface area contributed by atoms with Crippen molar-refractivity contribution in [1.29, 1.82) is 0 Å². The Morgan fingerprint density at radius 2 is 2.50 bits per heavy atom. The zero-order chi connectivity index (χ0) is 9.97. The van der Waals surface area contributed by atoms with Crippen LogP contribution in [0.15, 0.2) is 12.3 Å². The highest BCUT2D eigenvalue weighted by molar-refractivity contribution is 5.96. The molecular weight excluding hydrogens is 176 g/mol. The monoisotopic (exact) mass is 188 g/mol. The molecule has 0 saturated carbocycles. The normalized spacial score (nSPS) is 19.2. The second kappa shape index (κ2) is 3.59. The Bertz CT molecular complexity index is 408. The minimum atomic E-state index is 0.0157. The van der Waals surface area contributed by atoms with Gasteiger partial charge in [-0.15, -0.1) is 11.8 Å². The van der Waals surface area contributed by atoms with Crippen molar-refractivity contribution in [2.75, 3.05) is 6.54 Å². The maximum Gasteiger partial charge on any atom is 0.253 e. The summed E-state index contributed by atoms with van der Waals surface area (Å²) in [7, 11) is 0. The molecule has 0 saturated heterocycles. The van der Waals surface area contributed by atoms with Crippen LogP contribution in [0.2, 0.25) is 0 Å². The predicted molar refractivity (Wildman–Crippen MR) is 53.9 cm³/mol. The van der Waals surface area contributed by atoms with Gasteiger partial charge in [0.05, 0.1) is 5.56 Å². The molecule has 0 spiro atoms. The fraction of sp³-hybridized carbons (Fsp3) is 0.364. The summed E-state index contributed by atoms with van der Waals surface area (Å²) < 4.78 is 0. The highest BCUT2D eigenvalue weighted by atomic mass is 16.1. The summed E-state index contributed by atoms with van der Waals surface area (Å²) in [6.07, 6.45) is 2.60. The van der Waals surface area contributed by atoms with Crippen LogP contribution in [0.25, 0.3) is 0 Å². The molecule has 0 aliphatic carbocycles. The van der Waals surface area contributed by atoms with Crippen LogP contribution < -0.4 is 5.32 Å². The van der Waals surface area contributed by atoms with Crippen LogP contribution in [-0.4, -0.2) is 17.4 Å². The SMILES string of the molecule is CC#CCC1CNC(=O)c2cc[nH]c21. The smallest absolute Gasteiger partial charge is 0.253 e. The lowest BCUT2D eigenvalue weighted by atomic mass is 9.95. The molecule has 1 aliphatic rings. The van der Waals surface area contributed by atoms with E-state index in [1.807, 2.05) is 19.2 Å². The second-order valence-electron chi connectivity index (χ2n) is 3.34. The molecule has 1 aliphatic heterocycles. The van der Waals surface area contributed by atoms with Crippen molar-refractivity contribution in [3.8, 4) is 11.8 Å². The second-order valence-corrected chi connectivity index (χ2v) is 3.34. The summed E-state index contributed by atoms with van der Waals surface area (Å²) >= 11 is 0. The maximum atomic E-state index is 11.4. The lowest BCUT2D eigenvalue weighted by Crippen LogP contribution is -2.34. The first-order chi connectivity index (χ1) is 6.83. The maximum absolute atomic E-state index is 11.4. The van der Waals surface area contributed by atoms with Gasteiger partial charge in [0.15, 0.2) is 0 Å². The Morgan fingerprint density at radius 1 is 1.64 bits per heavy atom. The number of carbonyl (C=O) groups is 1. The fourth-order valence-electron chi connectivity index (χ4n) is 1.73. The average molecular weight is 188 g/mol. The van der Waals surface area contributed by atoms with Gasteiger partial charge in [-0.25, -0.2) is 0 Å². The van der Waals surface area contributed by atoms with E-state index in [2.05, 4.69) is 22.1 Å². The molecule has 14 heavy (non-hydrogen) atoms. The number of rotatable bonds is 1. The van der Waals surface area contributed by atoms with E-state index in [1.165, 1.54) is 0 Å². The molecule has 1 amide bonds. The number of amides is 1. The number of H-pyrrole nitrogens is 1. The van der Waals surface area contributed by atoms with E-state index in [1.54, 1.807) is 0 Å². The summed E-state index contributed by atoms with van der Waals surface area (Å²) in [6.45, 7) is 2.51. The van der Waals surface area contributed by atoms with Crippen molar-refractivity contribution in [3.63, 3.8) is 0 Å². The predicted octanol–water partition coefficient (Wildman–Crippen LogP) is 1.26. The highest BCUT2D eigenvalue weighted by Gasteiger charge is 2.25. The van der Waals surface area contributed by atoms with Crippen molar-refractivity contribution in [3.05, 3.63) is 23.5 Å². The molecule has 0 radical (unpaired) electrons. The summed E-state index contributed by atoms with van der Waals surface area (Å²) in [5.41, 5.74) is 1.79. The number of carbonyl (C=O) groups excluding carboxylic acids is 1. The van der Waals surface area contributed by atoms with Crippen LogP contribution in [-0.2, 0) is 0 Å². The van der Waals surface area contributed by atoms with Crippen molar-refractivity contribution < 1.29 is 4.79 Å². The first kappa shape index (κ1) is 8.89. The quantitative estimate of drug-likeness (QED) is 0.640. The fourth-order valence-corrected chi connectivity index (χ4v) is 1.73. The molecule has 1 aromatic heterocycles. The third-order valence-electron chi connectivity index (χ3n) is 2.47. The highest BCUT2D eigenvalue weighted by Crippen LogP contribution is 2.24. The van der Waals surface area contributed by atoms with Gasteiger partial charge in [0.1, 0.15) is 0 Å². The van der Waals surface area contributed by atoms with E-state index in [0.29, 0.717) is 12.5 Å². The summed E-state index contributed by atoms with van der Waals surface area (Å²) in [6, 6.07) is 1.82. The Balaban J connectivity index is 2.27. The Labute approximate surface area is 82.9 Å². The van der Waals surface area contributed by atoms with Gasteiger partial charge in [-0.3, -0.25) is 4.79 Å². The summed E-state index contributed by atoms with van der Waals surface area (Å²) in [5.74, 6) is 6.24. The van der Waals surface area contributed by atoms with Gasteiger partial charge in [0, 0.05) is 30.8 Å². The largest absolute Gasteiger partial charge is 0.364 e. The Hall–Kier alpha value is -1.69. The number of nitrogens with one attached hydrogen (secondary N) is 2. The zero-order valence-corrected chi connectivity index (χ0v) is 8.05. The molecule has 1 aromatic rings. The van der Waals surface area contributed by atoms with Crippen molar-refractivity contribution in [2.24, 2.45) is 0 Å². The minimum Gasteiger partial charge on any atom is -0.364 e. The van der Waals surface area contributed by atoms with Crippen molar-refractivity contribution >= 4 is 5.91 Å². The average Bonchev–Trinajstić information content (AvgIpc) is 2.66. The van der Waals surface area contributed by atoms with E-state index in [9.17, 15) is 4.79 Å². The molecule has 72 valence electrons. The zero-order valence-electron chi connectivity index (χ0n) is 8.05. The molecule has 0 bridgehead atoms. The minimum absolute atomic E-state index is 0.0157. The van der Waals surface area contributed by atoms with Gasteiger partial charge in [0.2, 0.25) is 0 Å². The molecule has 1 atom stereocenters. The van der Waals surface area contributed by atoms with Gasteiger partial charge < -0.3 is 10.3 Å². The number of hydrogen-bond donors (Lipinski definition) is 2. The summed E-state index contributed by atoms with van der Waals surface area (Å²) in [4.78, 5) is 14.5. The lowest BCUT2D eigenvalue weighted by molar-refractivity contribution is 0.0940. The third-order valence-corrected chi connectivity index (χ3v) is 2.47. The molecule has 1 unspecified atom stereocenters. The lowest BCUT2D eigenvalue weighted by Gasteiger charge is -2.21. The van der Waals surface area contributed by atoms with E-state index < -0.39 is 0 Å². The molecule has 2 rings (SSSR count). The standard InChI is InChI=1S/C11H12N2O/c1-2-3-4-8-7-13-11(14)9-5-6-12-10(8)9/h5-6,8,12H,4,7H2,1H3,(H,13,14). The Morgan fingerprint density at radius 3 is 3.29 bits per heavy atom.